The largest absolute Gasteiger partial charge is 0.586 e. The van der Waals surface area contributed by atoms with Crippen molar-refractivity contribution in [3.8, 4) is 34.1 Å². The first-order valence-corrected chi connectivity index (χ1v) is 6.11. The van der Waals surface area contributed by atoms with Crippen LogP contribution >= 0.6 is 0 Å². The fourth-order valence-corrected chi connectivity index (χ4v) is 2.26. The van der Waals surface area contributed by atoms with Crippen molar-refractivity contribution in [2.75, 3.05) is 0 Å². The van der Waals surface area contributed by atoms with Crippen LogP contribution in [0.15, 0.2) is 36.4 Å². The van der Waals surface area contributed by atoms with Gasteiger partial charge in [0.15, 0.2) is 23.0 Å². The van der Waals surface area contributed by atoms with Crippen LogP contribution in [0, 0.1) is 0 Å². The second-order valence-corrected chi connectivity index (χ2v) is 4.66. The quantitative estimate of drug-likeness (QED) is 0.746. The Labute approximate surface area is 120 Å². The van der Waals surface area contributed by atoms with E-state index in [2.05, 4.69) is 18.9 Å². The Morgan fingerprint density at radius 1 is 0.545 bits per heavy atom. The molecular weight excluding hydrogens is 308 g/mol. The summed E-state index contributed by atoms with van der Waals surface area (Å²) >= 11 is 0. The first-order valence-electron chi connectivity index (χ1n) is 6.11. The molecule has 2 aliphatic rings. The lowest BCUT2D eigenvalue weighted by Crippen LogP contribution is -2.25. The molecule has 8 heteroatoms. The zero-order valence-electron chi connectivity index (χ0n) is 10.6. The standard InChI is InChI=1S/C14H6F4O4/c15-13(16)19-9-3-1-7(5-11(9)21-13)8-2-4-10-12(6-8)22-14(17,18)20-10/h1-6H. The summed E-state index contributed by atoms with van der Waals surface area (Å²) in [7, 11) is 0. The van der Waals surface area contributed by atoms with Gasteiger partial charge in [-0.2, -0.15) is 0 Å². The number of halogens is 4. The smallest absolute Gasteiger partial charge is 0.395 e. The molecule has 2 aromatic carbocycles. The number of fused-ring (bicyclic) bond motifs is 2. The van der Waals surface area contributed by atoms with Crippen molar-refractivity contribution < 1.29 is 36.5 Å². The molecule has 0 amide bonds. The van der Waals surface area contributed by atoms with E-state index in [1.807, 2.05) is 0 Å². The second-order valence-electron chi connectivity index (χ2n) is 4.66. The Bertz CT molecular complexity index is 710. The van der Waals surface area contributed by atoms with E-state index in [-0.39, 0.29) is 23.0 Å². The Morgan fingerprint density at radius 2 is 0.909 bits per heavy atom. The zero-order valence-corrected chi connectivity index (χ0v) is 10.6. The number of rotatable bonds is 1. The highest BCUT2D eigenvalue weighted by molar-refractivity contribution is 5.70. The molecule has 2 aliphatic heterocycles. The van der Waals surface area contributed by atoms with Crippen molar-refractivity contribution >= 4 is 0 Å². The van der Waals surface area contributed by atoms with Crippen LogP contribution in [0.3, 0.4) is 0 Å². The minimum atomic E-state index is -3.71. The number of ether oxygens (including phenoxy) is 4. The summed E-state index contributed by atoms with van der Waals surface area (Å²) < 4.78 is 69.2. The summed E-state index contributed by atoms with van der Waals surface area (Å²) in [6.07, 6.45) is -7.42. The van der Waals surface area contributed by atoms with Gasteiger partial charge in [-0.15, -0.1) is 17.6 Å². The van der Waals surface area contributed by atoms with Crippen LogP contribution in [-0.2, 0) is 0 Å². The Kier molecular flexibility index (Phi) is 2.35. The molecule has 0 radical (unpaired) electrons. The molecule has 0 atom stereocenters. The second kappa shape index (κ2) is 3.96. The van der Waals surface area contributed by atoms with Crippen molar-refractivity contribution in [3.05, 3.63) is 36.4 Å². The van der Waals surface area contributed by atoms with Gasteiger partial charge >= 0.3 is 12.6 Å². The first-order chi connectivity index (χ1) is 10.3. The van der Waals surface area contributed by atoms with Gasteiger partial charge in [-0.05, 0) is 35.4 Å². The highest BCUT2D eigenvalue weighted by atomic mass is 19.3. The molecule has 0 unspecified atom stereocenters. The number of benzene rings is 2. The molecule has 114 valence electrons. The lowest BCUT2D eigenvalue weighted by molar-refractivity contribution is -0.287. The van der Waals surface area contributed by atoms with Gasteiger partial charge in [0.1, 0.15) is 0 Å². The molecule has 0 aliphatic carbocycles. The van der Waals surface area contributed by atoms with E-state index in [0.717, 1.165) is 0 Å². The van der Waals surface area contributed by atoms with E-state index >= 15 is 0 Å². The predicted octanol–water partition coefficient (Wildman–Crippen LogP) is 4.00. The summed E-state index contributed by atoms with van der Waals surface area (Å²) in [5.41, 5.74) is 0.948. The first kappa shape index (κ1) is 13.1. The van der Waals surface area contributed by atoms with Gasteiger partial charge in [0.05, 0.1) is 0 Å². The van der Waals surface area contributed by atoms with Crippen molar-refractivity contribution in [3.63, 3.8) is 0 Å². The Hall–Kier alpha value is -2.64. The van der Waals surface area contributed by atoms with Crippen LogP contribution in [-0.4, -0.2) is 12.6 Å². The topological polar surface area (TPSA) is 36.9 Å². The van der Waals surface area contributed by atoms with Gasteiger partial charge in [0.25, 0.3) is 0 Å². The molecule has 0 spiro atoms. The molecule has 0 fully saturated rings. The zero-order chi connectivity index (χ0) is 15.5. The molecule has 0 bridgehead atoms. The van der Waals surface area contributed by atoms with Crippen LogP contribution in [0.1, 0.15) is 0 Å². The lowest BCUT2D eigenvalue weighted by atomic mass is 10.0. The fraction of sp³-hybridized carbons (Fsp3) is 0.143. The van der Waals surface area contributed by atoms with Crippen molar-refractivity contribution in [2.45, 2.75) is 12.6 Å². The average Bonchev–Trinajstić information content (AvgIpc) is 2.89. The highest BCUT2D eigenvalue weighted by Gasteiger charge is 2.44. The maximum Gasteiger partial charge on any atom is 0.586 e. The molecule has 4 rings (SSSR count). The molecular formula is C14H6F4O4. The summed E-state index contributed by atoms with van der Waals surface area (Å²) in [5.74, 6) is -0.460. The molecule has 0 N–H and O–H groups in total. The number of alkyl halides is 4. The van der Waals surface area contributed by atoms with Gasteiger partial charge in [-0.3, -0.25) is 0 Å². The molecule has 4 nitrogen and oxygen atoms in total. The van der Waals surface area contributed by atoms with E-state index in [0.29, 0.717) is 11.1 Å². The Morgan fingerprint density at radius 3 is 1.32 bits per heavy atom. The SMILES string of the molecule is FC1(F)Oc2ccc(-c3ccc4c(c3)OC(F)(F)O4)cc2O1. The third-order valence-electron chi connectivity index (χ3n) is 3.14. The van der Waals surface area contributed by atoms with Gasteiger partial charge in [-0.1, -0.05) is 12.1 Å². The van der Waals surface area contributed by atoms with E-state index in [1.165, 1.54) is 36.4 Å². The van der Waals surface area contributed by atoms with Crippen LogP contribution in [0.4, 0.5) is 17.6 Å². The van der Waals surface area contributed by atoms with Crippen LogP contribution < -0.4 is 18.9 Å². The average molecular weight is 314 g/mol. The molecule has 0 saturated carbocycles. The van der Waals surface area contributed by atoms with Crippen LogP contribution in [0.5, 0.6) is 23.0 Å². The van der Waals surface area contributed by atoms with Gasteiger partial charge in [0.2, 0.25) is 0 Å². The highest BCUT2D eigenvalue weighted by Crippen LogP contribution is 2.46. The van der Waals surface area contributed by atoms with E-state index in [9.17, 15) is 17.6 Å². The Balaban J connectivity index is 1.70. The molecule has 2 heterocycles. The lowest BCUT2D eigenvalue weighted by Gasteiger charge is -2.05. The summed E-state index contributed by atoms with van der Waals surface area (Å²) in [6, 6.07) is 8.27. The van der Waals surface area contributed by atoms with Gasteiger partial charge in [-0.25, -0.2) is 0 Å². The normalized spacial score (nSPS) is 19.3. The number of hydrogen-bond acceptors (Lipinski definition) is 4. The maximum absolute atomic E-state index is 13.0. The molecule has 0 saturated heterocycles. The molecule has 0 aromatic heterocycles. The summed E-state index contributed by atoms with van der Waals surface area (Å²) in [5, 5.41) is 0. The van der Waals surface area contributed by atoms with Crippen molar-refractivity contribution in [2.24, 2.45) is 0 Å². The van der Waals surface area contributed by atoms with Crippen molar-refractivity contribution in [1.29, 1.82) is 0 Å². The predicted molar refractivity (Wildman–Crippen MR) is 64.3 cm³/mol. The third-order valence-corrected chi connectivity index (χ3v) is 3.14. The van der Waals surface area contributed by atoms with Crippen molar-refractivity contribution in [1.82, 2.24) is 0 Å². The van der Waals surface area contributed by atoms with E-state index in [1.54, 1.807) is 0 Å². The fourth-order valence-electron chi connectivity index (χ4n) is 2.26. The van der Waals surface area contributed by atoms with Crippen LogP contribution in [0.25, 0.3) is 11.1 Å². The molecule has 22 heavy (non-hydrogen) atoms. The number of hydrogen-bond donors (Lipinski definition) is 0. The third kappa shape index (κ3) is 2.07. The van der Waals surface area contributed by atoms with Crippen LogP contribution in [0.2, 0.25) is 0 Å². The van der Waals surface area contributed by atoms with Gasteiger partial charge in [0, 0.05) is 0 Å². The molecule has 2 aromatic rings. The monoisotopic (exact) mass is 314 g/mol. The minimum Gasteiger partial charge on any atom is -0.395 e. The summed E-state index contributed by atoms with van der Waals surface area (Å²) in [4.78, 5) is 0. The van der Waals surface area contributed by atoms with E-state index < -0.39 is 12.6 Å². The maximum atomic E-state index is 13.0. The van der Waals surface area contributed by atoms with Gasteiger partial charge < -0.3 is 18.9 Å². The summed E-state index contributed by atoms with van der Waals surface area (Å²) in [6.45, 7) is 0. The minimum absolute atomic E-state index is 0.0963. The van der Waals surface area contributed by atoms with E-state index in [4.69, 9.17) is 0 Å².